The lowest BCUT2D eigenvalue weighted by molar-refractivity contribution is -0.139. The van der Waals surface area contributed by atoms with Gasteiger partial charge in [-0.15, -0.1) is 5.10 Å². The smallest absolute Gasteiger partial charge is 0.338 e. The van der Waals surface area contributed by atoms with Crippen molar-refractivity contribution in [2.75, 3.05) is 19.4 Å². The Morgan fingerprint density at radius 2 is 1.81 bits per heavy atom. The first-order valence-corrected chi connectivity index (χ1v) is 11.0. The molecule has 1 atom stereocenters. The van der Waals surface area contributed by atoms with E-state index >= 15 is 0 Å². The quantitative estimate of drug-likeness (QED) is 0.436. The Morgan fingerprint density at radius 1 is 1.12 bits per heavy atom. The summed E-state index contributed by atoms with van der Waals surface area (Å²) in [6, 6.07) is 18.0. The van der Waals surface area contributed by atoms with E-state index in [9.17, 15) is 9.59 Å². The minimum Gasteiger partial charge on any atom is -0.463 e. The summed E-state index contributed by atoms with van der Waals surface area (Å²) in [4.78, 5) is 27.2. The van der Waals surface area contributed by atoms with Crippen LogP contribution in [-0.2, 0) is 9.53 Å². The van der Waals surface area contributed by atoms with Gasteiger partial charge in [0.15, 0.2) is 0 Å². The molecule has 0 fully saturated rings. The van der Waals surface area contributed by atoms with E-state index in [1.807, 2.05) is 60.7 Å². The zero-order valence-corrected chi connectivity index (χ0v) is 18.5. The highest BCUT2D eigenvalue weighted by Gasteiger charge is 2.36. The highest BCUT2D eigenvalue weighted by atomic mass is 32.2. The van der Waals surface area contributed by atoms with E-state index in [4.69, 9.17) is 4.74 Å². The Bertz CT molecular complexity index is 1130. The monoisotopic (exact) mass is 450 g/mol. The van der Waals surface area contributed by atoms with Crippen LogP contribution in [0.5, 0.6) is 0 Å². The molecule has 10 heteroatoms. The van der Waals surface area contributed by atoms with E-state index < -0.39 is 12.0 Å². The second-order valence-corrected chi connectivity index (χ2v) is 7.87. The summed E-state index contributed by atoms with van der Waals surface area (Å²) in [6.45, 7) is 1.98. The first-order valence-electron chi connectivity index (χ1n) is 10.1. The van der Waals surface area contributed by atoms with Crippen molar-refractivity contribution in [2.24, 2.45) is 0 Å². The molecule has 1 unspecified atom stereocenters. The second kappa shape index (κ2) is 9.65. The van der Waals surface area contributed by atoms with Gasteiger partial charge in [0.1, 0.15) is 0 Å². The molecule has 3 aromatic rings. The van der Waals surface area contributed by atoms with Gasteiger partial charge in [-0.25, -0.2) is 9.59 Å². The Hall–Kier alpha value is -3.66. The number of para-hydroxylation sites is 1. The number of urea groups is 1. The Kier molecular flexibility index (Phi) is 6.50. The standard InChI is InChI=1S/C22H22N6O3S/c1-3-31-20(29)18-17(27(2)21(30)23-19(18)15-10-6-4-7-11-15)14-32-22-24-25-26-28(22)16-12-8-5-9-13-16/h4-13,19H,3,14H2,1-2H3,(H,23,30). The van der Waals surface area contributed by atoms with Gasteiger partial charge in [0, 0.05) is 18.5 Å². The summed E-state index contributed by atoms with van der Waals surface area (Å²) in [6.07, 6.45) is 0. The fourth-order valence-electron chi connectivity index (χ4n) is 3.41. The molecule has 1 aliphatic rings. The number of nitrogens with zero attached hydrogens (tertiary/aromatic N) is 5. The third-order valence-corrected chi connectivity index (χ3v) is 5.92. The van der Waals surface area contributed by atoms with E-state index in [1.54, 1.807) is 18.7 Å². The molecule has 164 valence electrons. The average molecular weight is 451 g/mol. The van der Waals surface area contributed by atoms with Crippen molar-refractivity contribution >= 4 is 23.8 Å². The van der Waals surface area contributed by atoms with Crippen LogP contribution in [0.25, 0.3) is 5.69 Å². The van der Waals surface area contributed by atoms with Crippen molar-refractivity contribution in [3.63, 3.8) is 0 Å². The molecule has 0 aliphatic carbocycles. The highest BCUT2D eigenvalue weighted by molar-refractivity contribution is 7.99. The molecule has 1 N–H and O–H groups in total. The molecular weight excluding hydrogens is 428 g/mol. The molecular formula is C22H22N6O3S. The maximum Gasteiger partial charge on any atom is 0.338 e. The molecule has 9 nitrogen and oxygen atoms in total. The van der Waals surface area contributed by atoms with Crippen LogP contribution in [0, 0.1) is 0 Å². The zero-order chi connectivity index (χ0) is 22.5. The number of thioether (sulfide) groups is 1. The molecule has 2 amide bonds. The number of carbonyl (C=O) groups is 2. The van der Waals surface area contributed by atoms with Crippen LogP contribution in [0.4, 0.5) is 4.79 Å². The molecule has 2 heterocycles. The van der Waals surface area contributed by atoms with E-state index in [-0.39, 0.29) is 12.6 Å². The summed E-state index contributed by atoms with van der Waals surface area (Å²) in [7, 11) is 1.63. The summed E-state index contributed by atoms with van der Waals surface area (Å²) in [5.41, 5.74) is 2.56. The summed E-state index contributed by atoms with van der Waals surface area (Å²) >= 11 is 1.34. The van der Waals surface area contributed by atoms with Gasteiger partial charge in [-0.2, -0.15) is 4.68 Å². The molecule has 1 aromatic heterocycles. The maximum atomic E-state index is 13.0. The number of carbonyl (C=O) groups excluding carboxylic acids is 2. The number of ether oxygens (including phenoxy) is 1. The summed E-state index contributed by atoms with van der Waals surface area (Å²) in [5, 5.41) is 15.4. The van der Waals surface area contributed by atoms with Gasteiger partial charge in [-0.05, 0) is 35.0 Å². The molecule has 0 saturated heterocycles. The molecule has 0 spiro atoms. The van der Waals surface area contributed by atoms with Gasteiger partial charge < -0.3 is 10.1 Å². The number of hydrogen-bond donors (Lipinski definition) is 1. The number of amides is 2. The number of hydrogen-bond acceptors (Lipinski definition) is 7. The first-order chi connectivity index (χ1) is 15.6. The minimum absolute atomic E-state index is 0.230. The van der Waals surface area contributed by atoms with E-state index in [0.717, 1.165) is 11.3 Å². The normalized spacial score (nSPS) is 16.1. The SMILES string of the molecule is CCOC(=O)C1=C(CSc2nnnn2-c2ccccc2)N(C)C(=O)NC1c1ccccc1. The largest absolute Gasteiger partial charge is 0.463 e. The number of benzene rings is 2. The summed E-state index contributed by atoms with van der Waals surface area (Å²) in [5.74, 6) is -0.166. The predicted octanol–water partition coefficient (Wildman–Crippen LogP) is 2.97. The number of rotatable bonds is 7. The van der Waals surface area contributed by atoms with Gasteiger partial charge in [-0.1, -0.05) is 60.3 Å². The number of nitrogens with one attached hydrogen (secondary N) is 1. The third kappa shape index (κ3) is 4.35. The van der Waals surface area contributed by atoms with Crippen LogP contribution in [-0.4, -0.2) is 56.5 Å². The molecule has 0 saturated carbocycles. The minimum atomic E-state index is -0.611. The third-order valence-electron chi connectivity index (χ3n) is 4.98. The van der Waals surface area contributed by atoms with E-state index in [1.165, 1.54) is 16.7 Å². The van der Waals surface area contributed by atoms with Crippen molar-refractivity contribution < 1.29 is 14.3 Å². The van der Waals surface area contributed by atoms with Gasteiger partial charge >= 0.3 is 12.0 Å². The number of esters is 1. The van der Waals surface area contributed by atoms with Gasteiger partial charge in [0.2, 0.25) is 5.16 Å². The molecule has 2 aromatic carbocycles. The van der Waals surface area contributed by atoms with Crippen molar-refractivity contribution in [3.05, 3.63) is 77.5 Å². The lowest BCUT2D eigenvalue weighted by Gasteiger charge is -2.34. The van der Waals surface area contributed by atoms with Crippen molar-refractivity contribution in [3.8, 4) is 5.69 Å². The van der Waals surface area contributed by atoms with Crippen LogP contribution in [0.3, 0.4) is 0 Å². The van der Waals surface area contributed by atoms with Crippen LogP contribution >= 0.6 is 11.8 Å². The number of aromatic nitrogens is 4. The molecule has 1 aliphatic heterocycles. The van der Waals surface area contributed by atoms with Crippen LogP contribution in [0.1, 0.15) is 18.5 Å². The van der Waals surface area contributed by atoms with Crippen molar-refractivity contribution in [1.29, 1.82) is 0 Å². The van der Waals surface area contributed by atoms with E-state index in [2.05, 4.69) is 20.8 Å². The van der Waals surface area contributed by atoms with Gasteiger partial charge in [-0.3, -0.25) is 4.90 Å². The zero-order valence-electron chi connectivity index (χ0n) is 17.6. The predicted molar refractivity (Wildman–Crippen MR) is 119 cm³/mol. The molecule has 32 heavy (non-hydrogen) atoms. The lowest BCUT2D eigenvalue weighted by atomic mass is 9.95. The lowest BCUT2D eigenvalue weighted by Crippen LogP contribution is -2.47. The maximum absolute atomic E-state index is 13.0. The fourth-order valence-corrected chi connectivity index (χ4v) is 4.38. The van der Waals surface area contributed by atoms with Crippen LogP contribution < -0.4 is 5.32 Å². The Morgan fingerprint density at radius 3 is 2.50 bits per heavy atom. The van der Waals surface area contributed by atoms with Crippen molar-refractivity contribution in [2.45, 2.75) is 18.1 Å². The van der Waals surface area contributed by atoms with Gasteiger partial charge in [0.25, 0.3) is 0 Å². The molecule has 0 bridgehead atoms. The Labute approximate surface area is 189 Å². The topological polar surface area (TPSA) is 102 Å². The van der Waals surface area contributed by atoms with Crippen molar-refractivity contribution in [1.82, 2.24) is 30.4 Å². The second-order valence-electron chi connectivity index (χ2n) is 6.93. The average Bonchev–Trinajstić information content (AvgIpc) is 3.29. The number of tetrazole rings is 1. The highest BCUT2D eigenvalue weighted by Crippen LogP contribution is 2.33. The van der Waals surface area contributed by atoms with E-state index in [0.29, 0.717) is 22.2 Å². The molecule has 0 radical (unpaired) electrons. The fraction of sp³-hybridized carbons (Fsp3) is 0.227. The summed E-state index contributed by atoms with van der Waals surface area (Å²) < 4.78 is 6.97. The van der Waals surface area contributed by atoms with Gasteiger partial charge in [0.05, 0.1) is 23.9 Å². The van der Waals surface area contributed by atoms with Crippen LogP contribution in [0.15, 0.2) is 77.1 Å². The Balaban J connectivity index is 1.71. The molecule has 4 rings (SSSR count). The van der Waals surface area contributed by atoms with Crippen LogP contribution in [0.2, 0.25) is 0 Å². The first kappa shape index (κ1) is 21.6.